The molecule has 1 aromatic heterocycles. The zero-order valence-corrected chi connectivity index (χ0v) is 12.5. The molecule has 0 atom stereocenters. The van der Waals surface area contributed by atoms with E-state index in [2.05, 4.69) is 10.4 Å². The van der Waals surface area contributed by atoms with Gasteiger partial charge in [-0.05, 0) is 42.4 Å². The Morgan fingerprint density at radius 1 is 1.50 bits per heavy atom. The Bertz CT molecular complexity index is 699. The molecule has 0 fully saturated rings. The molecule has 0 unspecified atom stereocenters. The molecule has 0 aliphatic carbocycles. The van der Waals surface area contributed by atoms with Crippen LogP contribution in [0.15, 0.2) is 16.9 Å². The lowest BCUT2D eigenvalue weighted by Gasteiger charge is -2.11. The maximum absolute atomic E-state index is 11.9. The van der Waals surface area contributed by atoms with Crippen LogP contribution in [-0.4, -0.2) is 15.7 Å². The number of carbonyl (C=O) groups is 1. The third-order valence-corrected chi connectivity index (χ3v) is 3.59. The number of halogens is 1. The van der Waals surface area contributed by atoms with Gasteiger partial charge in [-0.25, -0.2) is 4.68 Å². The molecule has 0 bridgehead atoms. The summed E-state index contributed by atoms with van der Waals surface area (Å²) in [7, 11) is 0. The molecular formula is C12H13ClN4O2S. The van der Waals surface area contributed by atoms with Crippen LogP contribution in [0.25, 0.3) is 0 Å². The summed E-state index contributed by atoms with van der Waals surface area (Å²) in [5.41, 5.74) is 7.81. The Balaban J connectivity index is 2.17. The van der Waals surface area contributed by atoms with Crippen LogP contribution in [0.1, 0.15) is 11.1 Å². The van der Waals surface area contributed by atoms with Crippen LogP contribution in [0.3, 0.4) is 0 Å². The quantitative estimate of drug-likeness (QED) is 0.904. The molecule has 0 aliphatic rings. The van der Waals surface area contributed by atoms with Crippen molar-refractivity contribution < 1.29 is 4.79 Å². The molecule has 0 saturated heterocycles. The number of carbonyl (C=O) groups excluding carboxylic acids is 1. The molecule has 0 radical (unpaired) electrons. The molecule has 106 valence electrons. The first-order valence-corrected chi connectivity index (χ1v) is 6.96. The van der Waals surface area contributed by atoms with Crippen molar-refractivity contribution in [3.8, 4) is 0 Å². The largest absolute Gasteiger partial charge is 0.374 e. The van der Waals surface area contributed by atoms with Crippen molar-refractivity contribution in [2.75, 3.05) is 11.1 Å². The van der Waals surface area contributed by atoms with E-state index in [1.165, 1.54) is 0 Å². The van der Waals surface area contributed by atoms with Crippen LogP contribution in [0, 0.1) is 13.8 Å². The van der Waals surface area contributed by atoms with E-state index < -0.39 is 0 Å². The normalized spacial score (nSPS) is 10.6. The number of nitrogens with two attached hydrogens (primary N) is 1. The number of benzene rings is 1. The summed E-state index contributed by atoms with van der Waals surface area (Å²) in [6, 6.07) is 3.67. The van der Waals surface area contributed by atoms with E-state index in [9.17, 15) is 9.59 Å². The fraction of sp³-hybridized carbons (Fsp3) is 0.250. The van der Waals surface area contributed by atoms with E-state index in [1.54, 1.807) is 6.07 Å². The second kappa shape index (κ2) is 5.64. The minimum absolute atomic E-state index is 0.132. The van der Waals surface area contributed by atoms with E-state index in [4.69, 9.17) is 17.3 Å². The second-order valence-electron chi connectivity index (χ2n) is 4.35. The molecule has 0 spiro atoms. The average Bonchev–Trinajstić information content (AvgIpc) is 2.62. The van der Waals surface area contributed by atoms with Gasteiger partial charge >= 0.3 is 4.87 Å². The van der Waals surface area contributed by atoms with Gasteiger partial charge in [0.05, 0.1) is 10.7 Å². The summed E-state index contributed by atoms with van der Waals surface area (Å²) < 4.78 is 1.02. The van der Waals surface area contributed by atoms with Gasteiger partial charge in [0.25, 0.3) is 0 Å². The van der Waals surface area contributed by atoms with Crippen molar-refractivity contribution in [3.63, 3.8) is 0 Å². The lowest BCUT2D eigenvalue weighted by molar-refractivity contribution is -0.116. The van der Waals surface area contributed by atoms with Gasteiger partial charge in [-0.2, -0.15) is 0 Å². The highest BCUT2D eigenvalue weighted by atomic mass is 35.5. The van der Waals surface area contributed by atoms with Crippen LogP contribution in [-0.2, 0) is 11.3 Å². The van der Waals surface area contributed by atoms with Crippen molar-refractivity contribution in [2.45, 2.75) is 20.4 Å². The first-order valence-electron chi connectivity index (χ1n) is 5.77. The van der Waals surface area contributed by atoms with Gasteiger partial charge < -0.3 is 11.1 Å². The summed E-state index contributed by atoms with van der Waals surface area (Å²) in [6.07, 6.45) is 0. The van der Waals surface area contributed by atoms with Gasteiger partial charge in [0.15, 0.2) is 0 Å². The molecule has 2 rings (SSSR count). The van der Waals surface area contributed by atoms with Crippen molar-refractivity contribution >= 4 is 39.7 Å². The van der Waals surface area contributed by atoms with Crippen molar-refractivity contribution in [1.29, 1.82) is 0 Å². The van der Waals surface area contributed by atoms with Crippen LogP contribution >= 0.6 is 22.9 Å². The van der Waals surface area contributed by atoms with Crippen molar-refractivity contribution in [3.05, 3.63) is 37.9 Å². The number of nitrogens with one attached hydrogen (secondary N) is 1. The third kappa shape index (κ3) is 3.17. The average molecular weight is 313 g/mol. The van der Waals surface area contributed by atoms with Gasteiger partial charge in [0.1, 0.15) is 6.54 Å². The Kier molecular flexibility index (Phi) is 4.10. The fourth-order valence-corrected chi connectivity index (χ4v) is 2.71. The summed E-state index contributed by atoms with van der Waals surface area (Å²) in [6.45, 7) is 3.57. The summed E-state index contributed by atoms with van der Waals surface area (Å²) >= 11 is 6.89. The number of amides is 1. The number of rotatable bonds is 3. The van der Waals surface area contributed by atoms with E-state index in [1.807, 2.05) is 19.9 Å². The Hall–Kier alpha value is -1.86. The number of hydrogen-bond acceptors (Lipinski definition) is 5. The van der Waals surface area contributed by atoms with Gasteiger partial charge in [0.2, 0.25) is 11.0 Å². The second-order valence-corrected chi connectivity index (χ2v) is 5.73. The first-order chi connectivity index (χ1) is 9.36. The SMILES string of the molecule is Cc1cc(C)c(NC(=O)Cn2nc(N)sc2=O)c(Cl)c1. The van der Waals surface area contributed by atoms with Crippen LogP contribution < -0.4 is 15.9 Å². The zero-order valence-electron chi connectivity index (χ0n) is 10.9. The highest BCUT2D eigenvalue weighted by Gasteiger charge is 2.12. The summed E-state index contributed by atoms with van der Waals surface area (Å²) in [5, 5.41) is 7.03. The Morgan fingerprint density at radius 2 is 2.20 bits per heavy atom. The standard InChI is InChI=1S/C12H13ClN4O2S/c1-6-3-7(2)10(8(13)4-6)15-9(18)5-17-12(19)20-11(14)16-17/h3-4H,5H2,1-2H3,(H2,14,16)(H,15,18). The van der Waals surface area contributed by atoms with Gasteiger partial charge in [0, 0.05) is 0 Å². The molecule has 6 nitrogen and oxygen atoms in total. The molecule has 1 aromatic carbocycles. The molecule has 20 heavy (non-hydrogen) atoms. The van der Waals surface area contributed by atoms with E-state index >= 15 is 0 Å². The number of hydrogen-bond donors (Lipinski definition) is 2. The van der Waals surface area contributed by atoms with Crippen molar-refractivity contribution in [1.82, 2.24) is 9.78 Å². The molecule has 0 aliphatic heterocycles. The molecule has 1 amide bonds. The van der Waals surface area contributed by atoms with Crippen LogP contribution in [0.5, 0.6) is 0 Å². The minimum atomic E-state index is -0.383. The Morgan fingerprint density at radius 3 is 2.75 bits per heavy atom. The molecule has 2 aromatic rings. The van der Waals surface area contributed by atoms with Crippen molar-refractivity contribution in [2.24, 2.45) is 0 Å². The highest BCUT2D eigenvalue weighted by molar-refractivity contribution is 7.12. The van der Waals surface area contributed by atoms with E-state index in [0.29, 0.717) is 10.7 Å². The topological polar surface area (TPSA) is 90.0 Å². The molecule has 1 heterocycles. The number of nitrogen functional groups attached to an aromatic ring is 1. The number of nitrogens with zero attached hydrogens (tertiary/aromatic N) is 2. The van der Waals surface area contributed by atoms with E-state index in [-0.39, 0.29) is 22.5 Å². The van der Waals surface area contributed by atoms with Gasteiger partial charge in [-0.1, -0.05) is 17.7 Å². The third-order valence-electron chi connectivity index (χ3n) is 2.61. The maximum Gasteiger partial charge on any atom is 0.327 e. The molecular weight excluding hydrogens is 300 g/mol. The number of aryl methyl sites for hydroxylation is 2. The van der Waals surface area contributed by atoms with Gasteiger partial charge in [-0.15, -0.1) is 5.10 Å². The van der Waals surface area contributed by atoms with Crippen LogP contribution in [0.2, 0.25) is 5.02 Å². The lowest BCUT2D eigenvalue weighted by atomic mass is 10.1. The fourth-order valence-electron chi connectivity index (χ4n) is 1.81. The molecule has 3 N–H and O–H groups in total. The zero-order chi connectivity index (χ0) is 14.9. The summed E-state index contributed by atoms with van der Waals surface area (Å²) in [5.74, 6) is -0.383. The Labute approximate surface area is 124 Å². The predicted molar refractivity (Wildman–Crippen MR) is 80.3 cm³/mol. The summed E-state index contributed by atoms with van der Waals surface area (Å²) in [4.78, 5) is 23.0. The first kappa shape index (κ1) is 14.5. The predicted octanol–water partition coefficient (Wildman–Crippen LogP) is 1.80. The number of anilines is 2. The highest BCUT2D eigenvalue weighted by Crippen LogP contribution is 2.27. The lowest BCUT2D eigenvalue weighted by Crippen LogP contribution is -2.25. The minimum Gasteiger partial charge on any atom is -0.374 e. The smallest absolute Gasteiger partial charge is 0.327 e. The molecule has 8 heteroatoms. The molecule has 0 saturated carbocycles. The van der Waals surface area contributed by atoms with Crippen LogP contribution in [0.4, 0.5) is 10.8 Å². The maximum atomic E-state index is 11.9. The van der Waals surface area contributed by atoms with Gasteiger partial charge in [-0.3, -0.25) is 9.59 Å². The number of aromatic nitrogens is 2. The monoisotopic (exact) mass is 312 g/mol. The van der Waals surface area contributed by atoms with E-state index in [0.717, 1.165) is 27.1 Å².